The summed E-state index contributed by atoms with van der Waals surface area (Å²) in [5, 5.41) is 13.8. The van der Waals surface area contributed by atoms with Gasteiger partial charge in [0.1, 0.15) is 16.2 Å². The first-order valence-electron chi connectivity index (χ1n) is 5.49. The SMILES string of the molecule is CC(C)(C)OC(=O)NC(Cc1nc(Br)cs1)C(=O)O. The van der Waals surface area contributed by atoms with Gasteiger partial charge in [-0.1, -0.05) is 0 Å². The van der Waals surface area contributed by atoms with Crippen molar-refractivity contribution in [2.24, 2.45) is 0 Å². The van der Waals surface area contributed by atoms with Crippen LogP contribution in [0.1, 0.15) is 25.8 Å². The van der Waals surface area contributed by atoms with Crippen LogP contribution in [0, 0.1) is 0 Å². The number of carbonyl (C=O) groups is 2. The Balaban J connectivity index is 2.63. The summed E-state index contributed by atoms with van der Waals surface area (Å²) < 4.78 is 5.67. The molecule has 6 nitrogen and oxygen atoms in total. The molecule has 1 heterocycles. The Labute approximate surface area is 123 Å². The standard InChI is InChI=1S/C11H15BrN2O4S/c1-11(2,3)18-10(17)13-6(9(15)16)4-8-14-7(12)5-19-8/h5-6H,4H2,1-3H3,(H,13,17)(H,15,16). The molecule has 0 saturated heterocycles. The van der Waals surface area contributed by atoms with E-state index in [9.17, 15) is 9.59 Å². The van der Waals surface area contributed by atoms with Gasteiger partial charge in [0, 0.05) is 11.8 Å². The predicted octanol–water partition coefficient (Wildman–Crippen LogP) is 2.43. The Kier molecular flexibility index (Phi) is 5.30. The number of rotatable bonds is 4. The van der Waals surface area contributed by atoms with Crippen LogP contribution in [0.3, 0.4) is 0 Å². The van der Waals surface area contributed by atoms with Crippen molar-refractivity contribution in [1.29, 1.82) is 0 Å². The molecule has 0 aliphatic rings. The number of ether oxygens (including phenoxy) is 1. The molecule has 0 saturated carbocycles. The van der Waals surface area contributed by atoms with Crippen LogP contribution in [-0.2, 0) is 16.0 Å². The van der Waals surface area contributed by atoms with Gasteiger partial charge in [-0.2, -0.15) is 0 Å². The van der Waals surface area contributed by atoms with Crippen LogP contribution in [-0.4, -0.2) is 33.8 Å². The lowest BCUT2D eigenvalue weighted by atomic mass is 10.2. The first kappa shape index (κ1) is 15.9. The highest BCUT2D eigenvalue weighted by Crippen LogP contribution is 2.16. The van der Waals surface area contributed by atoms with Crippen molar-refractivity contribution in [3.63, 3.8) is 0 Å². The fourth-order valence-electron chi connectivity index (χ4n) is 1.21. The summed E-state index contributed by atoms with van der Waals surface area (Å²) in [4.78, 5) is 26.7. The third kappa shape index (κ3) is 6.02. The second-order valence-corrected chi connectivity index (χ2v) is 6.56. The fraction of sp³-hybridized carbons (Fsp3) is 0.545. The largest absolute Gasteiger partial charge is 0.480 e. The number of carboxylic acids is 1. The van der Waals surface area contributed by atoms with Gasteiger partial charge in [0.15, 0.2) is 0 Å². The van der Waals surface area contributed by atoms with Crippen LogP contribution < -0.4 is 5.32 Å². The summed E-state index contributed by atoms with van der Waals surface area (Å²) in [6.07, 6.45) is -0.638. The quantitative estimate of drug-likeness (QED) is 0.870. The van der Waals surface area contributed by atoms with Crippen LogP contribution >= 0.6 is 27.3 Å². The number of nitrogens with zero attached hydrogens (tertiary/aromatic N) is 1. The van der Waals surface area contributed by atoms with Crippen LogP contribution in [0.15, 0.2) is 9.98 Å². The summed E-state index contributed by atoms with van der Waals surface area (Å²) >= 11 is 4.51. The van der Waals surface area contributed by atoms with Crippen molar-refractivity contribution < 1.29 is 19.4 Å². The molecule has 0 bridgehead atoms. The minimum atomic E-state index is -1.13. The zero-order chi connectivity index (χ0) is 14.6. The van der Waals surface area contributed by atoms with E-state index in [1.54, 1.807) is 26.2 Å². The number of hydrogen-bond donors (Lipinski definition) is 2. The van der Waals surface area contributed by atoms with E-state index in [0.717, 1.165) is 0 Å². The number of aliphatic carboxylic acids is 1. The van der Waals surface area contributed by atoms with E-state index in [4.69, 9.17) is 9.84 Å². The van der Waals surface area contributed by atoms with E-state index in [0.29, 0.717) is 9.61 Å². The molecule has 1 rings (SSSR count). The van der Waals surface area contributed by atoms with Gasteiger partial charge in [-0.25, -0.2) is 14.6 Å². The molecule has 0 aromatic carbocycles. The van der Waals surface area contributed by atoms with Gasteiger partial charge >= 0.3 is 12.1 Å². The first-order valence-corrected chi connectivity index (χ1v) is 7.17. The lowest BCUT2D eigenvalue weighted by Gasteiger charge is -2.21. The number of thiazole rings is 1. The van der Waals surface area contributed by atoms with Crippen LogP contribution in [0.25, 0.3) is 0 Å². The lowest BCUT2D eigenvalue weighted by molar-refractivity contribution is -0.139. The number of alkyl carbamates (subject to hydrolysis) is 1. The van der Waals surface area contributed by atoms with Gasteiger partial charge in [-0.05, 0) is 36.7 Å². The van der Waals surface area contributed by atoms with Crippen molar-refractivity contribution in [2.75, 3.05) is 0 Å². The fourth-order valence-corrected chi connectivity index (χ4v) is 2.52. The number of carboxylic acid groups (broad SMARTS) is 1. The molecule has 106 valence electrons. The van der Waals surface area contributed by atoms with E-state index in [2.05, 4.69) is 26.2 Å². The molecular weight excluding hydrogens is 336 g/mol. The molecular formula is C11H15BrN2O4S. The topological polar surface area (TPSA) is 88.5 Å². The van der Waals surface area contributed by atoms with Gasteiger partial charge in [0.2, 0.25) is 0 Å². The van der Waals surface area contributed by atoms with Gasteiger partial charge in [0.25, 0.3) is 0 Å². The minimum absolute atomic E-state index is 0.116. The Morgan fingerprint density at radius 1 is 1.58 bits per heavy atom. The number of carbonyl (C=O) groups excluding carboxylic acids is 1. The Morgan fingerprint density at radius 2 is 2.21 bits per heavy atom. The zero-order valence-corrected chi connectivity index (χ0v) is 13.2. The van der Waals surface area contributed by atoms with Crippen molar-refractivity contribution in [3.8, 4) is 0 Å². The third-order valence-electron chi connectivity index (χ3n) is 1.89. The predicted molar refractivity (Wildman–Crippen MR) is 74.3 cm³/mol. The Hall–Kier alpha value is -1.15. The van der Waals surface area contributed by atoms with Crippen molar-refractivity contribution in [3.05, 3.63) is 15.0 Å². The Morgan fingerprint density at radius 3 is 2.63 bits per heavy atom. The monoisotopic (exact) mass is 350 g/mol. The van der Waals surface area contributed by atoms with Crippen molar-refractivity contribution in [1.82, 2.24) is 10.3 Å². The van der Waals surface area contributed by atoms with Crippen LogP contribution in [0.4, 0.5) is 4.79 Å². The average Bonchev–Trinajstić information content (AvgIpc) is 2.60. The van der Waals surface area contributed by atoms with Crippen molar-refractivity contribution >= 4 is 39.3 Å². The zero-order valence-electron chi connectivity index (χ0n) is 10.8. The van der Waals surface area contributed by atoms with E-state index in [-0.39, 0.29) is 6.42 Å². The molecule has 1 aromatic rings. The number of hydrogen-bond acceptors (Lipinski definition) is 5. The van der Waals surface area contributed by atoms with E-state index >= 15 is 0 Å². The van der Waals surface area contributed by atoms with Crippen molar-refractivity contribution in [2.45, 2.75) is 38.8 Å². The summed E-state index contributed by atoms with van der Waals surface area (Å²) in [7, 11) is 0. The summed E-state index contributed by atoms with van der Waals surface area (Å²) in [5.41, 5.74) is -0.669. The maximum Gasteiger partial charge on any atom is 0.408 e. The van der Waals surface area contributed by atoms with E-state index < -0.39 is 23.7 Å². The highest BCUT2D eigenvalue weighted by Gasteiger charge is 2.25. The number of aromatic nitrogens is 1. The van der Waals surface area contributed by atoms with Gasteiger partial charge in [0.05, 0.1) is 5.01 Å². The summed E-state index contributed by atoms with van der Waals surface area (Å²) in [5.74, 6) is -1.13. The average molecular weight is 351 g/mol. The maximum absolute atomic E-state index is 11.5. The number of nitrogens with one attached hydrogen (secondary N) is 1. The molecule has 1 unspecified atom stereocenters. The molecule has 0 aliphatic heterocycles. The van der Waals surface area contributed by atoms with E-state index in [1.165, 1.54) is 11.3 Å². The highest BCUT2D eigenvalue weighted by molar-refractivity contribution is 9.10. The van der Waals surface area contributed by atoms with Gasteiger partial charge < -0.3 is 15.2 Å². The summed E-state index contributed by atoms with van der Waals surface area (Å²) in [6.45, 7) is 5.13. The highest BCUT2D eigenvalue weighted by atomic mass is 79.9. The van der Waals surface area contributed by atoms with E-state index in [1.807, 2.05) is 0 Å². The molecule has 2 N–H and O–H groups in total. The number of halogens is 1. The van der Waals surface area contributed by atoms with Crippen LogP contribution in [0.5, 0.6) is 0 Å². The molecule has 0 spiro atoms. The number of amides is 1. The molecule has 0 aliphatic carbocycles. The first-order chi connectivity index (χ1) is 8.67. The third-order valence-corrected chi connectivity index (χ3v) is 3.47. The van der Waals surface area contributed by atoms with Gasteiger partial charge in [-0.3, -0.25) is 0 Å². The summed E-state index contributed by atoms with van der Waals surface area (Å²) in [6, 6.07) is -1.06. The van der Waals surface area contributed by atoms with Gasteiger partial charge in [-0.15, -0.1) is 11.3 Å². The normalized spacial score (nSPS) is 12.8. The van der Waals surface area contributed by atoms with Crippen LogP contribution in [0.2, 0.25) is 0 Å². The second kappa shape index (κ2) is 6.33. The molecule has 0 fully saturated rings. The Bertz CT molecular complexity index is 470. The molecule has 1 amide bonds. The molecule has 19 heavy (non-hydrogen) atoms. The molecule has 8 heteroatoms. The maximum atomic E-state index is 11.5. The smallest absolute Gasteiger partial charge is 0.408 e. The molecule has 0 radical (unpaired) electrons. The molecule has 1 aromatic heterocycles. The lowest BCUT2D eigenvalue weighted by Crippen LogP contribution is -2.44. The second-order valence-electron chi connectivity index (χ2n) is 4.81. The minimum Gasteiger partial charge on any atom is -0.480 e. The molecule has 1 atom stereocenters.